The van der Waals surface area contributed by atoms with E-state index in [1.54, 1.807) is 12.1 Å². The van der Waals surface area contributed by atoms with Crippen molar-refractivity contribution in [2.24, 2.45) is 5.73 Å². The number of hydrogen-bond donors (Lipinski definition) is 6. The SMILES string of the molecule is N[C@H](Cc1ccc(O)cc1)C(=O)O.O=P(O)(O)O. The number of carboxylic acid groups (broad SMARTS) is 1. The summed E-state index contributed by atoms with van der Waals surface area (Å²) in [6.07, 6.45) is 0.273. The van der Waals surface area contributed by atoms with Crippen LogP contribution in [0.25, 0.3) is 0 Å². The zero-order valence-corrected chi connectivity index (χ0v) is 10.1. The van der Waals surface area contributed by atoms with Gasteiger partial charge in [-0.1, -0.05) is 12.1 Å². The summed E-state index contributed by atoms with van der Waals surface area (Å²) >= 11 is 0. The number of aromatic hydroxyl groups is 1. The molecule has 8 nitrogen and oxygen atoms in total. The Labute approximate surface area is 103 Å². The maximum absolute atomic E-state index is 10.4. The summed E-state index contributed by atoms with van der Waals surface area (Å²) in [4.78, 5) is 32.0. The molecule has 0 spiro atoms. The molecule has 1 aromatic carbocycles. The van der Waals surface area contributed by atoms with Gasteiger partial charge in [0, 0.05) is 0 Å². The highest BCUT2D eigenvalue weighted by atomic mass is 31.2. The van der Waals surface area contributed by atoms with Crippen LogP contribution >= 0.6 is 7.82 Å². The lowest BCUT2D eigenvalue weighted by Crippen LogP contribution is -2.32. The van der Waals surface area contributed by atoms with Crippen molar-refractivity contribution in [2.45, 2.75) is 12.5 Å². The van der Waals surface area contributed by atoms with Crippen LogP contribution < -0.4 is 5.73 Å². The van der Waals surface area contributed by atoms with Gasteiger partial charge in [-0.05, 0) is 24.1 Å². The molecular weight excluding hydrogens is 265 g/mol. The third-order valence-corrected chi connectivity index (χ3v) is 1.71. The Morgan fingerprint density at radius 3 is 1.94 bits per heavy atom. The fraction of sp³-hybridized carbons (Fsp3) is 0.222. The first-order valence-corrected chi connectivity index (χ1v) is 6.20. The zero-order valence-electron chi connectivity index (χ0n) is 9.17. The monoisotopic (exact) mass is 279 g/mol. The maximum Gasteiger partial charge on any atom is 0.466 e. The van der Waals surface area contributed by atoms with Gasteiger partial charge in [0.2, 0.25) is 0 Å². The number of rotatable bonds is 3. The molecule has 1 aromatic rings. The molecule has 0 aliphatic heterocycles. The van der Waals surface area contributed by atoms with E-state index in [2.05, 4.69) is 0 Å². The number of carbonyl (C=O) groups is 1. The Kier molecular flexibility index (Phi) is 6.53. The average molecular weight is 279 g/mol. The van der Waals surface area contributed by atoms with Gasteiger partial charge in [0.15, 0.2) is 0 Å². The summed E-state index contributed by atoms with van der Waals surface area (Å²) in [6.45, 7) is 0. The number of benzene rings is 1. The molecule has 102 valence electrons. The lowest BCUT2D eigenvalue weighted by atomic mass is 10.1. The molecule has 0 saturated carbocycles. The summed E-state index contributed by atoms with van der Waals surface area (Å²) in [5.41, 5.74) is 6.12. The van der Waals surface area contributed by atoms with Gasteiger partial charge in [-0.25, -0.2) is 4.57 Å². The molecule has 0 bridgehead atoms. The molecule has 9 heteroatoms. The lowest BCUT2D eigenvalue weighted by molar-refractivity contribution is -0.138. The Morgan fingerprint density at radius 2 is 1.61 bits per heavy atom. The fourth-order valence-electron chi connectivity index (χ4n) is 0.973. The van der Waals surface area contributed by atoms with Gasteiger partial charge in [-0.15, -0.1) is 0 Å². The van der Waals surface area contributed by atoms with Crippen molar-refractivity contribution in [3.63, 3.8) is 0 Å². The van der Waals surface area contributed by atoms with E-state index in [0.29, 0.717) is 0 Å². The highest BCUT2D eigenvalue weighted by molar-refractivity contribution is 7.45. The molecule has 0 saturated heterocycles. The van der Waals surface area contributed by atoms with E-state index in [4.69, 9.17) is 35.2 Å². The van der Waals surface area contributed by atoms with Gasteiger partial charge in [-0.2, -0.15) is 0 Å². The van der Waals surface area contributed by atoms with Gasteiger partial charge < -0.3 is 30.6 Å². The fourth-order valence-corrected chi connectivity index (χ4v) is 0.973. The third-order valence-electron chi connectivity index (χ3n) is 1.71. The second-order valence-electron chi connectivity index (χ2n) is 3.33. The van der Waals surface area contributed by atoms with Crippen molar-refractivity contribution in [2.75, 3.05) is 0 Å². The molecule has 18 heavy (non-hydrogen) atoms. The normalized spacial score (nSPS) is 12.2. The zero-order chi connectivity index (χ0) is 14.3. The van der Waals surface area contributed by atoms with Crippen LogP contribution in [0.3, 0.4) is 0 Å². The van der Waals surface area contributed by atoms with Crippen molar-refractivity contribution in [3.8, 4) is 5.75 Å². The van der Waals surface area contributed by atoms with Crippen molar-refractivity contribution in [3.05, 3.63) is 29.8 Å². The third kappa shape index (κ3) is 9.76. The van der Waals surface area contributed by atoms with Crippen LogP contribution in [0.4, 0.5) is 0 Å². The standard InChI is InChI=1S/C9H11NO3.H3O4P/c10-8(9(12)13)5-6-1-3-7(11)4-2-6;1-5(2,3)4/h1-4,8,11H,5,10H2,(H,12,13);(H3,1,2,3,4)/t8-;/m1./s1. The molecule has 0 aliphatic rings. The van der Waals surface area contributed by atoms with E-state index in [1.165, 1.54) is 12.1 Å². The highest BCUT2D eigenvalue weighted by Gasteiger charge is 2.11. The van der Waals surface area contributed by atoms with Crippen molar-refractivity contribution in [1.82, 2.24) is 0 Å². The van der Waals surface area contributed by atoms with E-state index < -0.39 is 19.8 Å². The molecule has 0 unspecified atom stereocenters. The molecule has 0 heterocycles. The molecule has 0 fully saturated rings. The van der Waals surface area contributed by atoms with Gasteiger partial charge in [-0.3, -0.25) is 4.79 Å². The van der Waals surface area contributed by atoms with Gasteiger partial charge in [0.1, 0.15) is 11.8 Å². The first-order chi connectivity index (χ1) is 8.09. The van der Waals surface area contributed by atoms with Crippen LogP contribution in [-0.4, -0.2) is 36.9 Å². The number of phenols is 1. The van der Waals surface area contributed by atoms with E-state index in [-0.39, 0.29) is 12.2 Å². The van der Waals surface area contributed by atoms with Crippen LogP contribution in [0, 0.1) is 0 Å². The van der Waals surface area contributed by atoms with Crippen LogP contribution in [0.1, 0.15) is 5.56 Å². The number of aliphatic carboxylic acids is 1. The molecule has 1 rings (SSSR count). The van der Waals surface area contributed by atoms with Crippen molar-refractivity contribution >= 4 is 13.8 Å². The number of nitrogens with two attached hydrogens (primary N) is 1. The van der Waals surface area contributed by atoms with E-state index >= 15 is 0 Å². The Hall–Kier alpha value is -1.44. The molecule has 0 radical (unpaired) electrons. The minimum Gasteiger partial charge on any atom is -0.508 e. The first-order valence-electron chi connectivity index (χ1n) is 4.64. The molecule has 0 amide bonds. The second-order valence-corrected chi connectivity index (χ2v) is 4.36. The molecule has 1 atom stereocenters. The minimum absolute atomic E-state index is 0.160. The first kappa shape index (κ1) is 16.6. The summed E-state index contributed by atoms with van der Waals surface area (Å²) in [7, 11) is -4.64. The van der Waals surface area contributed by atoms with E-state index in [0.717, 1.165) is 5.56 Å². The predicted octanol–water partition coefficient (Wildman–Crippen LogP) is -0.582. The summed E-state index contributed by atoms with van der Waals surface area (Å²) in [5.74, 6) is -0.860. The number of phenolic OH excluding ortho intramolecular Hbond substituents is 1. The molecular formula is C9H14NO7P. The minimum atomic E-state index is -4.64. The van der Waals surface area contributed by atoms with Crippen LogP contribution in [0.15, 0.2) is 24.3 Å². The highest BCUT2D eigenvalue weighted by Crippen LogP contribution is 2.25. The summed E-state index contributed by atoms with van der Waals surface area (Å²) < 4.78 is 8.88. The largest absolute Gasteiger partial charge is 0.508 e. The topological polar surface area (TPSA) is 161 Å². The van der Waals surface area contributed by atoms with Crippen molar-refractivity contribution < 1.29 is 34.3 Å². The van der Waals surface area contributed by atoms with Gasteiger partial charge in [0.05, 0.1) is 0 Å². The summed E-state index contributed by atoms with van der Waals surface area (Å²) in [5, 5.41) is 17.5. The van der Waals surface area contributed by atoms with E-state index in [9.17, 15) is 4.79 Å². The Bertz CT molecular complexity index is 419. The van der Waals surface area contributed by atoms with Crippen molar-refractivity contribution in [1.29, 1.82) is 0 Å². The molecule has 0 aromatic heterocycles. The van der Waals surface area contributed by atoms with Crippen LogP contribution in [0.5, 0.6) is 5.75 Å². The predicted molar refractivity (Wildman–Crippen MR) is 61.7 cm³/mol. The van der Waals surface area contributed by atoms with Crippen LogP contribution in [0.2, 0.25) is 0 Å². The van der Waals surface area contributed by atoms with Gasteiger partial charge >= 0.3 is 13.8 Å². The average Bonchev–Trinajstić information content (AvgIpc) is 2.18. The lowest BCUT2D eigenvalue weighted by Gasteiger charge is -2.05. The Morgan fingerprint density at radius 1 is 1.22 bits per heavy atom. The quantitative estimate of drug-likeness (QED) is 0.400. The number of phosphoric acid groups is 1. The van der Waals surface area contributed by atoms with Crippen LogP contribution in [-0.2, 0) is 15.8 Å². The number of carboxylic acids is 1. The maximum atomic E-state index is 10.4. The molecule has 7 N–H and O–H groups in total. The number of hydrogen-bond acceptors (Lipinski definition) is 4. The van der Waals surface area contributed by atoms with Gasteiger partial charge in [0.25, 0.3) is 0 Å². The molecule has 0 aliphatic carbocycles. The summed E-state index contributed by atoms with van der Waals surface area (Å²) in [6, 6.07) is 5.42. The smallest absolute Gasteiger partial charge is 0.466 e. The second kappa shape index (κ2) is 7.10. The van der Waals surface area contributed by atoms with E-state index in [1.807, 2.05) is 0 Å². The Balaban J connectivity index is 0.000000494.